The molecule has 2 bridgehead atoms. The second-order valence-corrected chi connectivity index (χ2v) is 6.83. The highest BCUT2D eigenvalue weighted by atomic mass is 16.5. The van der Waals surface area contributed by atoms with E-state index in [0.717, 1.165) is 19.3 Å². The number of ketones is 1. The van der Waals surface area contributed by atoms with Gasteiger partial charge in [0.25, 0.3) is 5.91 Å². The van der Waals surface area contributed by atoms with Crippen LogP contribution in [-0.4, -0.2) is 23.8 Å². The van der Waals surface area contributed by atoms with Crippen molar-refractivity contribution in [2.75, 3.05) is 5.32 Å². The molecule has 1 aromatic rings. The van der Waals surface area contributed by atoms with Gasteiger partial charge in [0.15, 0.2) is 6.10 Å². The van der Waals surface area contributed by atoms with Crippen LogP contribution in [-0.2, 0) is 19.1 Å². The number of hydrogen-bond acceptors (Lipinski definition) is 4. The maximum absolute atomic E-state index is 12.4. The summed E-state index contributed by atoms with van der Waals surface area (Å²) in [6, 6.07) is 9.06. The average molecular weight is 329 g/mol. The van der Waals surface area contributed by atoms with Gasteiger partial charge in [-0.1, -0.05) is 24.6 Å². The quantitative estimate of drug-likeness (QED) is 0.862. The van der Waals surface area contributed by atoms with Crippen LogP contribution < -0.4 is 5.32 Å². The van der Waals surface area contributed by atoms with Gasteiger partial charge in [0.05, 0.1) is 5.92 Å². The van der Waals surface area contributed by atoms with E-state index in [1.807, 2.05) is 18.2 Å². The minimum atomic E-state index is -0.852. The van der Waals surface area contributed by atoms with E-state index < -0.39 is 6.10 Å². The molecule has 1 amide bonds. The molecule has 2 fully saturated rings. The van der Waals surface area contributed by atoms with Gasteiger partial charge in [0.2, 0.25) is 0 Å². The van der Waals surface area contributed by atoms with Crippen LogP contribution in [0, 0.1) is 17.8 Å². The second-order valence-electron chi connectivity index (χ2n) is 6.83. The fourth-order valence-electron chi connectivity index (χ4n) is 3.76. The first-order chi connectivity index (χ1) is 11.5. The number of ether oxygens (including phenoxy) is 1. The lowest BCUT2D eigenvalue weighted by molar-refractivity contribution is -0.161. The van der Waals surface area contributed by atoms with Crippen LogP contribution in [0.5, 0.6) is 0 Å². The van der Waals surface area contributed by atoms with Crippen LogP contribution >= 0.6 is 0 Å². The SMILES string of the molecule is C[C@H](OC(=O)C1C[C@H]2CCC[C@@H](C1)C2=O)C(=O)Nc1ccccc1. The Kier molecular flexibility index (Phi) is 4.97. The number of carbonyl (C=O) groups is 3. The van der Waals surface area contributed by atoms with Crippen molar-refractivity contribution in [3.63, 3.8) is 0 Å². The summed E-state index contributed by atoms with van der Waals surface area (Å²) < 4.78 is 5.36. The lowest BCUT2D eigenvalue weighted by Crippen LogP contribution is -2.41. The third kappa shape index (κ3) is 3.66. The summed E-state index contributed by atoms with van der Waals surface area (Å²) in [7, 11) is 0. The van der Waals surface area contributed by atoms with E-state index >= 15 is 0 Å². The molecular formula is C19H23NO4. The van der Waals surface area contributed by atoms with Gasteiger partial charge in [-0.25, -0.2) is 0 Å². The standard InChI is InChI=1S/C19H23NO4/c1-12(18(22)20-16-8-3-2-4-9-16)24-19(23)15-10-13-6-5-7-14(11-15)17(13)21/h2-4,8-9,12-15H,5-7,10-11H2,1H3,(H,20,22)/t12-,13-,14+,15?/m0/s1. The molecule has 3 rings (SSSR count). The van der Waals surface area contributed by atoms with E-state index in [-0.39, 0.29) is 29.6 Å². The summed E-state index contributed by atoms with van der Waals surface area (Å²) in [5.41, 5.74) is 0.670. The summed E-state index contributed by atoms with van der Waals surface area (Å²) >= 11 is 0. The number of rotatable bonds is 4. The van der Waals surface area contributed by atoms with Gasteiger partial charge in [-0.3, -0.25) is 14.4 Å². The molecule has 2 saturated carbocycles. The number of amides is 1. The molecule has 0 saturated heterocycles. The van der Waals surface area contributed by atoms with Gasteiger partial charge in [-0.15, -0.1) is 0 Å². The Morgan fingerprint density at radius 3 is 2.38 bits per heavy atom. The van der Waals surface area contributed by atoms with Gasteiger partial charge >= 0.3 is 5.97 Å². The molecule has 0 aromatic heterocycles. The topological polar surface area (TPSA) is 72.5 Å². The Balaban J connectivity index is 1.54. The average Bonchev–Trinajstić information content (AvgIpc) is 2.55. The maximum Gasteiger partial charge on any atom is 0.309 e. The molecule has 0 radical (unpaired) electrons. The molecule has 2 aliphatic carbocycles. The minimum Gasteiger partial charge on any atom is -0.452 e. The number of hydrogen-bond donors (Lipinski definition) is 1. The Morgan fingerprint density at radius 1 is 1.12 bits per heavy atom. The zero-order valence-electron chi connectivity index (χ0n) is 13.9. The highest BCUT2D eigenvalue weighted by molar-refractivity contribution is 5.95. The number of carbonyl (C=O) groups excluding carboxylic acids is 3. The highest BCUT2D eigenvalue weighted by Crippen LogP contribution is 2.40. The molecule has 24 heavy (non-hydrogen) atoms. The summed E-state index contributed by atoms with van der Waals surface area (Å²) in [6.07, 6.45) is 3.11. The van der Waals surface area contributed by atoms with E-state index in [2.05, 4.69) is 5.32 Å². The highest BCUT2D eigenvalue weighted by Gasteiger charge is 2.42. The monoisotopic (exact) mass is 329 g/mol. The zero-order valence-corrected chi connectivity index (χ0v) is 13.9. The number of para-hydroxylation sites is 1. The largest absolute Gasteiger partial charge is 0.452 e. The number of anilines is 1. The van der Waals surface area contributed by atoms with Gasteiger partial charge < -0.3 is 10.1 Å². The van der Waals surface area contributed by atoms with Gasteiger partial charge in [0, 0.05) is 17.5 Å². The molecule has 1 unspecified atom stereocenters. The number of nitrogens with one attached hydrogen (secondary N) is 1. The predicted molar refractivity (Wildman–Crippen MR) is 89.2 cm³/mol. The van der Waals surface area contributed by atoms with Crippen molar-refractivity contribution in [1.82, 2.24) is 0 Å². The first-order valence-corrected chi connectivity index (χ1v) is 8.64. The Morgan fingerprint density at radius 2 is 1.75 bits per heavy atom. The van der Waals surface area contributed by atoms with Crippen molar-refractivity contribution in [3.05, 3.63) is 30.3 Å². The normalized spacial score (nSPS) is 27.2. The van der Waals surface area contributed by atoms with Crippen LogP contribution in [0.15, 0.2) is 30.3 Å². The van der Waals surface area contributed by atoms with E-state index in [0.29, 0.717) is 24.3 Å². The lowest BCUT2D eigenvalue weighted by Gasteiger charge is -2.36. The number of Topliss-reactive ketones (excluding diaryl/α,β-unsaturated/α-hetero) is 1. The summed E-state index contributed by atoms with van der Waals surface area (Å²) in [5, 5.41) is 2.73. The fourth-order valence-corrected chi connectivity index (χ4v) is 3.76. The molecule has 1 aromatic carbocycles. The molecule has 4 atom stereocenters. The van der Waals surface area contributed by atoms with Gasteiger partial charge in [-0.2, -0.15) is 0 Å². The Hall–Kier alpha value is -2.17. The van der Waals surface area contributed by atoms with Crippen LogP contribution in [0.1, 0.15) is 39.0 Å². The van der Waals surface area contributed by atoms with Crippen LogP contribution in [0.4, 0.5) is 5.69 Å². The molecule has 0 aliphatic heterocycles. The van der Waals surface area contributed by atoms with Crippen LogP contribution in [0.2, 0.25) is 0 Å². The molecule has 1 N–H and O–H groups in total. The maximum atomic E-state index is 12.4. The van der Waals surface area contributed by atoms with E-state index in [4.69, 9.17) is 4.74 Å². The van der Waals surface area contributed by atoms with Crippen molar-refractivity contribution < 1.29 is 19.1 Å². The third-order valence-corrected chi connectivity index (χ3v) is 5.08. The molecule has 5 nitrogen and oxygen atoms in total. The lowest BCUT2D eigenvalue weighted by atomic mass is 9.67. The van der Waals surface area contributed by atoms with Crippen LogP contribution in [0.25, 0.3) is 0 Å². The van der Waals surface area contributed by atoms with Crippen molar-refractivity contribution in [1.29, 1.82) is 0 Å². The summed E-state index contributed by atoms with van der Waals surface area (Å²) in [6.45, 7) is 1.57. The molecule has 2 aliphatic rings. The minimum absolute atomic E-state index is 0.00324. The Labute approximate surface area is 141 Å². The van der Waals surface area contributed by atoms with Crippen molar-refractivity contribution in [2.24, 2.45) is 17.8 Å². The molecule has 128 valence electrons. The molecule has 5 heteroatoms. The molecule has 0 spiro atoms. The fraction of sp³-hybridized carbons (Fsp3) is 0.526. The smallest absolute Gasteiger partial charge is 0.309 e. The van der Waals surface area contributed by atoms with Crippen molar-refractivity contribution in [2.45, 2.75) is 45.1 Å². The van der Waals surface area contributed by atoms with E-state index in [9.17, 15) is 14.4 Å². The zero-order chi connectivity index (χ0) is 17.1. The first-order valence-electron chi connectivity index (χ1n) is 8.64. The first kappa shape index (κ1) is 16.7. The van der Waals surface area contributed by atoms with Crippen molar-refractivity contribution >= 4 is 23.3 Å². The summed E-state index contributed by atoms with van der Waals surface area (Å²) in [5.74, 6) is -0.631. The second kappa shape index (κ2) is 7.16. The van der Waals surface area contributed by atoms with E-state index in [1.54, 1.807) is 19.1 Å². The van der Waals surface area contributed by atoms with Gasteiger partial charge in [-0.05, 0) is 44.7 Å². The summed E-state index contributed by atoms with van der Waals surface area (Å²) in [4.78, 5) is 36.6. The van der Waals surface area contributed by atoms with Crippen molar-refractivity contribution in [3.8, 4) is 0 Å². The molecular weight excluding hydrogens is 306 g/mol. The van der Waals surface area contributed by atoms with E-state index in [1.165, 1.54) is 0 Å². The molecule has 0 heterocycles. The number of esters is 1. The third-order valence-electron chi connectivity index (χ3n) is 5.08. The Bertz CT molecular complexity index is 612. The van der Waals surface area contributed by atoms with Gasteiger partial charge in [0.1, 0.15) is 5.78 Å². The number of benzene rings is 1. The van der Waals surface area contributed by atoms with Crippen LogP contribution in [0.3, 0.4) is 0 Å². The predicted octanol–water partition coefficient (Wildman–Crippen LogP) is 2.95. The number of fused-ring (bicyclic) bond motifs is 2.